The highest BCUT2D eigenvalue weighted by molar-refractivity contribution is 6.17. The minimum Gasteiger partial charge on any atom is -0.302 e. The van der Waals surface area contributed by atoms with E-state index in [4.69, 9.17) is 11.6 Å². The van der Waals surface area contributed by atoms with Crippen molar-refractivity contribution in [3.63, 3.8) is 0 Å². The van der Waals surface area contributed by atoms with Crippen LogP contribution in [0.15, 0.2) is 18.2 Å². The van der Waals surface area contributed by atoms with Crippen molar-refractivity contribution in [2.45, 2.75) is 25.8 Å². The Morgan fingerprint density at radius 2 is 1.88 bits per heavy atom. The molecule has 0 aliphatic heterocycles. The fourth-order valence-corrected chi connectivity index (χ4v) is 1.87. The molecule has 1 rings (SSSR count). The van der Waals surface area contributed by atoms with Crippen LogP contribution in [0.5, 0.6) is 0 Å². The van der Waals surface area contributed by atoms with Gasteiger partial charge in [0, 0.05) is 12.4 Å². The van der Waals surface area contributed by atoms with E-state index in [1.165, 1.54) is 12.1 Å². The molecule has 1 aromatic carbocycles. The zero-order valence-corrected chi connectivity index (χ0v) is 10.8. The van der Waals surface area contributed by atoms with Gasteiger partial charge in [0.05, 0.1) is 0 Å². The summed E-state index contributed by atoms with van der Waals surface area (Å²) in [5, 5.41) is 0. The van der Waals surface area contributed by atoms with Gasteiger partial charge in [0.15, 0.2) is 11.6 Å². The standard InChI is InChI=1S/C13H18ClF2N/c1-17(8-4-2-3-7-14)10-11-5-6-12(15)13(16)9-11/h5-6,9H,2-4,7-8,10H2,1H3. The summed E-state index contributed by atoms with van der Waals surface area (Å²) in [6.07, 6.45) is 3.21. The topological polar surface area (TPSA) is 3.24 Å². The van der Waals surface area contributed by atoms with Crippen LogP contribution >= 0.6 is 11.6 Å². The molecule has 0 N–H and O–H groups in total. The average Bonchev–Trinajstić information content (AvgIpc) is 2.30. The second kappa shape index (κ2) is 7.62. The summed E-state index contributed by atoms with van der Waals surface area (Å²) in [6.45, 7) is 1.58. The molecule has 0 aliphatic rings. The van der Waals surface area contributed by atoms with E-state index in [1.807, 2.05) is 7.05 Å². The van der Waals surface area contributed by atoms with Crippen molar-refractivity contribution >= 4 is 11.6 Å². The lowest BCUT2D eigenvalue weighted by Gasteiger charge is -2.16. The van der Waals surface area contributed by atoms with Crippen molar-refractivity contribution < 1.29 is 8.78 Å². The average molecular weight is 262 g/mol. The van der Waals surface area contributed by atoms with Gasteiger partial charge >= 0.3 is 0 Å². The van der Waals surface area contributed by atoms with Crippen molar-refractivity contribution in [3.8, 4) is 0 Å². The third kappa shape index (κ3) is 5.46. The summed E-state index contributed by atoms with van der Waals surface area (Å²) in [6, 6.07) is 4.05. The van der Waals surface area contributed by atoms with E-state index >= 15 is 0 Å². The first-order valence-electron chi connectivity index (χ1n) is 5.82. The molecule has 0 unspecified atom stereocenters. The predicted octanol–water partition coefficient (Wildman–Crippen LogP) is 3.81. The Morgan fingerprint density at radius 3 is 2.53 bits per heavy atom. The van der Waals surface area contributed by atoms with E-state index in [0.717, 1.165) is 31.4 Å². The number of hydrogen-bond donors (Lipinski definition) is 0. The predicted molar refractivity (Wildman–Crippen MR) is 67.3 cm³/mol. The Bertz CT molecular complexity index is 344. The highest BCUT2D eigenvalue weighted by Crippen LogP contribution is 2.10. The van der Waals surface area contributed by atoms with Crippen molar-refractivity contribution in [2.75, 3.05) is 19.5 Å². The van der Waals surface area contributed by atoms with Crippen LogP contribution in [-0.4, -0.2) is 24.4 Å². The van der Waals surface area contributed by atoms with Gasteiger partial charge in [0.2, 0.25) is 0 Å². The molecular formula is C13H18ClF2N. The van der Waals surface area contributed by atoms with Gasteiger partial charge in [0.1, 0.15) is 0 Å². The van der Waals surface area contributed by atoms with Gasteiger partial charge < -0.3 is 4.90 Å². The summed E-state index contributed by atoms with van der Waals surface area (Å²) in [5.41, 5.74) is 0.795. The Kier molecular flexibility index (Phi) is 6.45. The number of rotatable bonds is 7. The summed E-state index contributed by atoms with van der Waals surface area (Å²) in [4.78, 5) is 2.10. The molecule has 0 fully saturated rings. The molecule has 1 nitrogen and oxygen atoms in total. The van der Waals surface area contributed by atoms with Crippen molar-refractivity contribution in [1.29, 1.82) is 0 Å². The molecule has 0 aliphatic carbocycles. The number of alkyl halides is 1. The van der Waals surface area contributed by atoms with Crippen molar-refractivity contribution in [3.05, 3.63) is 35.4 Å². The lowest BCUT2D eigenvalue weighted by molar-refractivity contribution is 0.317. The molecule has 1 aromatic rings. The van der Waals surface area contributed by atoms with E-state index in [1.54, 1.807) is 6.07 Å². The van der Waals surface area contributed by atoms with Gasteiger partial charge in [-0.05, 0) is 44.1 Å². The van der Waals surface area contributed by atoms with Gasteiger partial charge in [-0.3, -0.25) is 0 Å². The Morgan fingerprint density at radius 1 is 1.12 bits per heavy atom. The Labute approximate surface area is 106 Å². The fraction of sp³-hybridized carbons (Fsp3) is 0.538. The van der Waals surface area contributed by atoms with E-state index in [-0.39, 0.29) is 0 Å². The molecule has 0 atom stereocenters. The lowest BCUT2D eigenvalue weighted by atomic mass is 10.2. The highest BCUT2D eigenvalue weighted by atomic mass is 35.5. The summed E-state index contributed by atoms with van der Waals surface area (Å²) >= 11 is 5.59. The smallest absolute Gasteiger partial charge is 0.159 e. The third-order valence-corrected chi connectivity index (χ3v) is 2.88. The molecule has 0 amide bonds. The molecule has 0 bridgehead atoms. The van der Waals surface area contributed by atoms with Gasteiger partial charge in [-0.1, -0.05) is 12.5 Å². The lowest BCUT2D eigenvalue weighted by Crippen LogP contribution is -2.19. The van der Waals surface area contributed by atoms with Crippen LogP contribution in [0.3, 0.4) is 0 Å². The molecule has 96 valence electrons. The van der Waals surface area contributed by atoms with E-state index in [9.17, 15) is 8.78 Å². The molecule has 0 spiro atoms. The van der Waals surface area contributed by atoms with E-state index < -0.39 is 11.6 Å². The largest absolute Gasteiger partial charge is 0.302 e. The van der Waals surface area contributed by atoms with Crippen LogP contribution < -0.4 is 0 Å². The zero-order valence-electron chi connectivity index (χ0n) is 10.1. The number of unbranched alkanes of at least 4 members (excludes halogenated alkanes) is 2. The van der Waals surface area contributed by atoms with Crippen LogP contribution in [0.1, 0.15) is 24.8 Å². The number of halogens is 3. The molecule has 0 heterocycles. The minimum atomic E-state index is -0.793. The zero-order chi connectivity index (χ0) is 12.7. The van der Waals surface area contributed by atoms with Gasteiger partial charge in [-0.25, -0.2) is 8.78 Å². The minimum absolute atomic E-state index is 0.637. The van der Waals surface area contributed by atoms with Crippen LogP contribution in [-0.2, 0) is 6.54 Å². The van der Waals surface area contributed by atoms with Crippen LogP contribution in [0.4, 0.5) is 8.78 Å². The summed E-state index contributed by atoms with van der Waals surface area (Å²) in [7, 11) is 1.97. The van der Waals surface area contributed by atoms with E-state index in [0.29, 0.717) is 12.4 Å². The first-order chi connectivity index (χ1) is 8.13. The summed E-state index contributed by atoms with van der Waals surface area (Å²) in [5.74, 6) is -0.871. The first-order valence-corrected chi connectivity index (χ1v) is 6.35. The molecule has 0 radical (unpaired) electrons. The molecule has 4 heteroatoms. The normalized spacial score (nSPS) is 11.1. The van der Waals surface area contributed by atoms with Crippen molar-refractivity contribution in [2.24, 2.45) is 0 Å². The van der Waals surface area contributed by atoms with E-state index in [2.05, 4.69) is 4.90 Å². The highest BCUT2D eigenvalue weighted by Gasteiger charge is 2.05. The summed E-state index contributed by atoms with van der Waals surface area (Å²) < 4.78 is 25.7. The molecule has 0 saturated heterocycles. The second-order valence-electron chi connectivity index (χ2n) is 4.24. The van der Waals surface area contributed by atoms with Crippen LogP contribution in [0, 0.1) is 11.6 Å². The molecular weight excluding hydrogens is 244 g/mol. The number of hydrogen-bond acceptors (Lipinski definition) is 1. The third-order valence-electron chi connectivity index (χ3n) is 2.61. The SMILES string of the molecule is CN(CCCCCCl)Cc1ccc(F)c(F)c1. The maximum absolute atomic E-state index is 13.0. The van der Waals surface area contributed by atoms with Gasteiger partial charge in [-0.15, -0.1) is 11.6 Å². The Hall–Kier alpha value is -0.670. The Balaban J connectivity index is 2.34. The molecule has 17 heavy (non-hydrogen) atoms. The van der Waals surface area contributed by atoms with Crippen molar-refractivity contribution in [1.82, 2.24) is 4.90 Å². The number of nitrogens with zero attached hydrogens (tertiary/aromatic N) is 1. The van der Waals surface area contributed by atoms with Crippen LogP contribution in [0.2, 0.25) is 0 Å². The molecule has 0 aromatic heterocycles. The van der Waals surface area contributed by atoms with Gasteiger partial charge in [0.25, 0.3) is 0 Å². The monoisotopic (exact) mass is 261 g/mol. The second-order valence-corrected chi connectivity index (χ2v) is 4.61. The number of benzene rings is 1. The van der Waals surface area contributed by atoms with Gasteiger partial charge in [-0.2, -0.15) is 0 Å². The van der Waals surface area contributed by atoms with Crippen LogP contribution in [0.25, 0.3) is 0 Å². The maximum Gasteiger partial charge on any atom is 0.159 e. The quantitative estimate of drug-likeness (QED) is 0.533. The fourth-order valence-electron chi connectivity index (χ4n) is 1.68. The maximum atomic E-state index is 13.0. The first kappa shape index (κ1) is 14.4. The molecule has 0 saturated carbocycles.